The SMILES string of the molecule is NC(=O)C1CCN(C(=O)c2snc(C(=O)NCc3ccccc3)c2N)CC1. The van der Waals surface area contributed by atoms with E-state index in [2.05, 4.69) is 9.69 Å². The van der Waals surface area contributed by atoms with Crippen LogP contribution in [0.25, 0.3) is 0 Å². The van der Waals surface area contributed by atoms with Crippen LogP contribution in [0.1, 0.15) is 38.6 Å². The maximum absolute atomic E-state index is 12.7. The van der Waals surface area contributed by atoms with Crippen molar-refractivity contribution in [3.63, 3.8) is 0 Å². The van der Waals surface area contributed by atoms with Crippen LogP contribution in [0.3, 0.4) is 0 Å². The molecular weight excluding hydrogens is 366 g/mol. The second-order valence-electron chi connectivity index (χ2n) is 6.41. The second-order valence-corrected chi connectivity index (χ2v) is 7.18. The van der Waals surface area contributed by atoms with Gasteiger partial charge in [-0.05, 0) is 29.9 Å². The van der Waals surface area contributed by atoms with Gasteiger partial charge in [-0.25, -0.2) is 0 Å². The summed E-state index contributed by atoms with van der Waals surface area (Å²) in [7, 11) is 0. The Morgan fingerprint density at radius 2 is 1.85 bits per heavy atom. The van der Waals surface area contributed by atoms with Gasteiger partial charge in [0.2, 0.25) is 5.91 Å². The highest BCUT2D eigenvalue weighted by molar-refractivity contribution is 7.09. The molecule has 0 saturated carbocycles. The van der Waals surface area contributed by atoms with Gasteiger partial charge in [0.05, 0.1) is 5.69 Å². The lowest BCUT2D eigenvalue weighted by Crippen LogP contribution is -2.41. The van der Waals surface area contributed by atoms with Gasteiger partial charge in [-0.1, -0.05) is 30.3 Å². The van der Waals surface area contributed by atoms with Crippen molar-refractivity contribution in [3.05, 3.63) is 46.5 Å². The molecule has 27 heavy (non-hydrogen) atoms. The van der Waals surface area contributed by atoms with Crippen LogP contribution in [0, 0.1) is 5.92 Å². The van der Waals surface area contributed by atoms with Crippen molar-refractivity contribution in [3.8, 4) is 0 Å². The van der Waals surface area contributed by atoms with Gasteiger partial charge in [0.1, 0.15) is 4.88 Å². The standard InChI is InChI=1S/C18H21N5O3S/c19-13-14(17(25)21-10-11-4-2-1-3-5-11)22-27-15(13)18(26)23-8-6-12(7-9-23)16(20)24/h1-5,12H,6-10,19H2,(H2,20,24)(H,21,25). The number of carbonyl (C=O) groups excluding carboxylic acids is 3. The number of likely N-dealkylation sites (tertiary alicyclic amines) is 1. The van der Waals surface area contributed by atoms with Gasteiger partial charge >= 0.3 is 0 Å². The van der Waals surface area contributed by atoms with Gasteiger partial charge in [0, 0.05) is 25.6 Å². The number of anilines is 1. The molecule has 8 nitrogen and oxygen atoms in total. The summed E-state index contributed by atoms with van der Waals surface area (Å²) < 4.78 is 4.07. The fraction of sp³-hybridized carbons (Fsp3) is 0.333. The number of carbonyl (C=O) groups is 3. The van der Waals surface area contributed by atoms with E-state index in [9.17, 15) is 14.4 Å². The second kappa shape index (κ2) is 8.17. The monoisotopic (exact) mass is 387 g/mol. The number of amides is 3. The maximum atomic E-state index is 12.7. The van der Waals surface area contributed by atoms with Gasteiger partial charge in [0.25, 0.3) is 11.8 Å². The zero-order valence-electron chi connectivity index (χ0n) is 14.7. The van der Waals surface area contributed by atoms with E-state index >= 15 is 0 Å². The molecule has 1 aromatic carbocycles. The Balaban J connectivity index is 1.63. The average molecular weight is 387 g/mol. The summed E-state index contributed by atoms with van der Waals surface area (Å²) in [5, 5.41) is 2.76. The molecule has 0 spiro atoms. The number of hydrogen-bond acceptors (Lipinski definition) is 6. The van der Waals surface area contributed by atoms with Crippen LogP contribution in [0.15, 0.2) is 30.3 Å². The Labute approximate surface area is 160 Å². The van der Waals surface area contributed by atoms with Crippen LogP contribution in [0.5, 0.6) is 0 Å². The topological polar surface area (TPSA) is 131 Å². The normalized spacial score (nSPS) is 14.7. The molecule has 5 N–H and O–H groups in total. The average Bonchev–Trinajstić information content (AvgIpc) is 3.08. The molecule has 2 heterocycles. The fourth-order valence-corrected chi connectivity index (χ4v) is 3.75. The zero-order valence-corrected chi connectivity index (χ0v) is 15.5. The Morgan fingerprint density at radius 1 is 1.19 bits per heavy atom. The van der Waals surface area contributed by atoms with Crippen LogP contribution < -0.4 is 16.8 Å². The molecular formula is C18H21N5O3S. The summed E-state index contributed by atoms with van der Waals surface area (Å²) in [6.45, 7) is 1.21. The van der Waals surface area contributed by atoms with Crippen LogP contribution in [0.4, 0.5) is 5.69 Å². The molecule has 1 aromatic heterocycles. The first-order valence-electron chi connectivity index (χ1n) is 8.63. The molecule has 9 heteroatoms. The summed E-state index contributed by atoms with van der Waals surface area (Å²) in [5.41, 5.74) is 12.4. The van der Waals surface area contributed by atoms with E-state index < -0.39 is 5.91 Å². The summed E-state index contributed by atoms with van der Waals surface area (Å²) in [4.78, 5) is 38.1. The largest absolute Gasteiger partial charge is 0.395 e. The van der Waals surface area contributed by atoms with Gasteiger partial charge < -0.3 is 21.7 Å². The number of primary amides is 1. The van der Waals surface area contributed by atoms with E-state index in [0.29, 0.717) is 32.5 Å². The minimum atomic E-state index is -0.418. The molecule has 0 atom stereocenters. The molecule has 2 aromatic rings. The first-order valence-corrected chi connectivity index (χ1v) is 9.40. The van der Waals surface area contributed by atoms with Crippen LogP contribution in [0.2, 0.25) is 0 Å². The molecule has 0 aliphatic carbocycles. The summed E-state index contributed by atoms with van der Waals surface area (Å²) in [6, 6.07) is 9.46. The van der Waals surface area contributed by atoms with Crippen LogP contribution in [-0.2, 0) is 11.3 Å². The van der Waals surface area contributed by atoms with Crippen molar-refractivity contribution in [1.29, 1.82) is 0 Å². The highest BCUT2D eigenvalue weighted by Gasteiger charge is 2.30. The smallest absolute Gasteiger partial charge is 0.273 e. The van der Waals surface area contributed by atoms with Gasteiger partial charge in [-0.2, -0.15) is 4.37 Å². The van der Waals surface area contributed by atoms with Crippen molar-refractivity contribution in [1.82, 2.24) is 14.6 Å². The van der Waals surface area contributed by atoms with E-state index in [-0.39, 0.29) is 34.0 Å². The third-order valence-corrected chi connectivity index (χ3v) is 5.47. The maximum Gasteiger partial charge on any atom is 0.273 e. The van der Waals surface area contributed by atoms with E-state index in [1.165, 1.54) is 0 Å². The number of nitrogens with one attached hydrogen (secondary N) is 1. The molecule has 1 aliphatic heterocycles. The number of benzene rings is 1. The highest BCUT2D eigenvalue weighted by Crippen LogP contribution is 2.26. The summed E-state index contributed by atoms with van der Waals surface area (Å²) >= 11 is 0.916. The molecule has 0 unspecified atom stereocenters. The zero-order chi connectivity index (χ0) is 19.4. The predicted molar refractivity (Wildman–Crippen MR) is 102 cm³/mol. The Hall–Kier alpha value is -2.94. The molecule has 1 saturated heterocycles. The molecule has 1 aliphatic rings. The Kier molecular flexibility index (Phi) is 5.70. The number of aromatic nitrogens is 1. The fourth-order valence-electron chi connectivity index (χ4n) is 2.99. The third kappa shape index (κ3) is 4.25. The molecule has 3 amide bonds. The van der Waals surface area contributed by atoms with Gasteiger partial charge in [-0.15, -0.1) is 0 Å². The molecule has 3 rings (SSSR count). The minimum absolute atomic E-state index is 0.0614. The molecule has 142 valence electrons. The van der Waals surface area contributed by atoms with E-state index in [4.69, 9.17) is 11.5 Å². The number of nitrogens with zero attached hydrogens (tertiary/aromatic N) is 2. The van der Waals surface area contributed by atoms with Crippen molar-refractivity contribution >= 4 is 34.9 Å². The lowest BCUT2D eigenvalue weighted by Gasteiger charge is -2.30. The molecule has 0 bridgehead atoms. The van der Waals surface area contributed by atoms with Crippen molar-refractivity contribution < 1.29 is 14.4 Å². The lowest BCUT2D eigenvalue weighted by molar-refractivity contribution is -0.123. The number of piperidine rings is 1. The van der Waals surface area contributed by atoms with Gasteiger partial charge in [-0.3, -0.25) is 14.4 Å². The van der Waals surface area contributed by atoms with Crippen LogP contribution in [-0.4, -0.2) is 40.1 Å². The lowest BCUT2D eigenvalue weighted by atomic mass is 9.96. The van der Waals surface area contributed by atoms with E-state index in [1.54, 1.807) is 4.90 Å². The van der Waals surface area contributed by atoms with Crippen molar-refractivity contribution in [2.45, 2.75) is 19.4 Å². The number of nitrogen functional groups attached to an aromatic ring is 1. The predicted octanol–water partition coefficient (Wildman–Crippen LogP) is 0.993. The van der Waals surface area contributed by atoms with Crippen molar-refractivity contribution in [2.75, 3.05) is 18.8 Å². The highest BCUT2D eigenvalue weighted by atomic mass is 32.1. The Morgan fingerprint density at radius 3 is 2.48 bits per heavy atom. The summed E-state index contributed by atoms with van der Waals surface area (Å²) in [5.74, 6) is -1.22. The first kappa shape index (κ1) is 18.8. The molecule has 1 fully saturated rings. The minimum Gasteiger partial charge on any atom is -0.395 e. The van der Waals surface area contributed by atoms with E-state index in [1.807, 2.05) is 30.3 Å². The number of rotatable bonds is 5. The number of hydrogen-bond donors (Lipinski definition) is 3. The third-order valence-electron chi connectivity index (χ3n) is 4.62. The molecule has 0 radical (unpaired) electrons. The van der Waals surface area contributed by atoms with E-state index in [0.717, 1.165) is 17.1 Å². The first-order chi connectivity index (χ1) is 13.0. The van der Waals surface area contributed by atoms with Crippen molar-refractivity contribution in [2.24, 2.45) is 11.7 Å². The number of nitrogens with two attached hydrogens (primary N) is 2. The van der Waals surface area contributed by atoms with Gasteiger partial charge in [0.15, 0.2) is 5.69 Å². The van der Waals surface area contributed by atoms with Crippen LogP contribution >= 0.6 is 11.5 Å². The summed E-state index contributed by atoms with van der Waals surface area (Å²) in [6.07, 6.45) is 1.06. The Bertz CT molecular complexity index is 844. The quantitative estimate of drug-likeness (QED) is 0.704.